The number of nitrogens with zero attached hydrogens (tertiary/aromatic N) is 1. The molecule has 0 radical (unpaired) electrons. The summed E-state index contributed by atoms with van der Waals surface area (Å²) in [4.78, 5) is 28.0. The van der Waals surface area contributed by atoms with Crippen molar-refractivity contribution in [3.8, 4) is 0 Å². The van der Waals surface area contributed by atoms with Gasteiger partial charge in [0.25, 0.3) is 11.8 Å². The van der Waals surface area contributed by atoms with Crippen molar-refractivity contribution >= 4 is 29.1 Å². The number of quaternary nitrogens is 1. The van der Waals surface area contributed by atoms with Crippen LogP contribution in [0.2, 0.25) is 5.02 Å². The van der Waals surface area contributed by atoms with E-state index in [1.165, 1.54) is 4.90 Å². The Labute approximate surface area is 164 Å². The van der Waals surface area contributed by atoms with E-state index in [2.05, 4.69) is 12.2 Å². The van der Waals surface area contributed by atoms with Crippen molar-refractivity contribution < 1.29 is 14.5 Å². The van der Waals surface area contributed by atoms with E-state index in [-0.39, 0.29) is 11.8 Å². The van der Waals surface area contributed by atoms with E-state index >= 15 is 0 Å². The number of carbonyl (C=O) groups is 2. The third-order valence-electron chi connectivity index (χ3n) is 4.93. The molecule has 0 aromatic heterocycles. The van der Waals surface area contributed by atoms with E-state index in [0.717, 1.165) is 30.8 Å². The maximum Gasteiger partial charge on any atom is 0.279 e. The molecule has 0 spiro atoms. The summed E-state index contributed by atoms with van der Waals surface area (Å²) in [5.41, 5.74) is 2.68. The van der Waals surface area contributed by atoms with Gasteiger partial charge in [0.2, 0.25) is 0 Å². The highest BCUT2D eigenvalue weighted by Gasteiger charge is 2.26. The normalized spacial score (nSPS) is 14.8. The van der Waals surface area contributed by atoms with Crippen molar-refractivity contribution in [3.63, 3.8) is 0 Å². The maximum atomic E-state index is 12.5. The summed E-state index contributed by atoms with van der Waals surface area (Å²) in [7, 11) is 0. The summed E-state index contributed by atoms with van der Waals surface area (Å²) >= 11 is 5.88. The number of halogens is 1. The molecule has 0 saturated carbocycles. The Hall–Kier alpha value is -2.37. The topological polar surface area (TPSA) is 53.9 Å². The van der Waals surface area contributed by atoms with Gasteiger partial charge in [0.15, 0.2) is 6.54 Å². The first-order chi connectivity index (χ1) is 13.1. The fourth-order valence-corrected chi connectivity index (χ4v) is 3.48. The molecule has 1 aliphatic rings. The van der Waals surface area contributed by atoms with E-state index < -0.39 is 0 Å². The number of nitrogens with one attached hydrogen (secondary N) is 2. The largest absolute Gasteiger partial charge is 0.327 e. The summed E-state index contributed by atoms with van der Waals surface area (Å²) in [5.74, 6) is 0.0374. The van der Waals surface area contributed by atoms with Crippen LogP contribution in [0.5, 0.6) is 0 Å². The molecular weight excluding hydrogens is 362 g/mol. The molecule has 5 nitrogen and oxygen atoms in total. The predicted octanol–water partition coefficient (Wildman–Crippen LogP) is 1.88. The van der Waals surface area contributed by atoms with Gasteiger partial charge >= 0.3 is 0 Å². The third-order valence-corrected chi connectivity index (χ3v) is 5.18. The zero-order chi connectivity index (χ0) is 19.2. The van der Waals surface area contributed by atoms with Gasteiger partial charge in [-0.05, 0) is 42.3 Å². The van der Waals surface area contributed by atoms with Gasteiger partial charge in [0.1, 0.15) is 0 Å². The lowest BCUT2D eigenvalue weighted by Gasteiger charge is -2.32. The van der Waals surface area contributed by atoms with Gasteiger partial charge in [0, 0.05) is 16.3 Å². The maximum absolute atomic E-state index is 12.5. The first kappa shape index (κ1) is 19.4. The minimum atomic E-state index is 0.0170. The molecule has 1 aliphatic heterocycles. The zero-order valence-corrected chi connectivity index (χ0v) is 16.3. The molecule has 2 aromatic rings. The summed E-state index contributed by atoms with van der Waals surface area (Å²) < 4.78 is 0. The van der Waals surface area contributed by atoms with Crippen LogP contribution in [0.3, 0.4) is 0 Å². The molecule has 1 saturated heterocycles. The fourth-order valence-electron chi connectivity index (χ4n) is 3.35. The first-order valence-corrected chi connectivity index (χ1v) is 9.70. The minimum absolute atomic E-state index is 0.0170. The minimum Gasteiger partial charge on any atom is -0.327 e. The van der Waals surface area contributed by atoms with Gasteiger partial charge in [0.05, 0.1) is 26.2 Å². The number of para-hydroxylation sites is 1. The summed E-state index contributed by atoms with van der Waals surface area (Å²) in [6.07, 6.45) is 0.884. The Morgan fingerprint density at radius 3 is 2.41 bits per heavy atom. The van der Waals surface area contributed by atoms with E-state index in [0.29, 0.717) is 30.2 Å². The second-order valence-electron chi connectivity index (χ2n) is 6.78. The fraction of sp³-hybridized carbons (Fsp3) is 0.333. The Morgan fingerprint density at radius 1 is 1.07 bits per heavy atom. The highest BCUT2D eigenvalue weighted by atomic mass is 35.5. The number of aryl methyl sites for hydroxylation is 1. The first-order valence-electron chi connectivity index (χ1n) is 9.33. The van der Waals surface area contributed by atoms with Gasteiger partial charge < -0.3 is 15.1 Å². The molecule has 0 aliphatic carbocycles. The number of hydrogen-bond donors (Lipinski definition) is 2. The quantitative estimate of drug-likeness (QED) is 0.824. The Balaban J connectivity index is 1.49. The number of hydrogen-bond acceptors (Lipinski definition) is 2. The zero-order valence-electron chi connectivity index (χ0n) is 15.5. The van der Waals surface area contributed by atoms with Gasteiger partial charge in [-0.2, -0.15) is 0 Å². The lowest BCUT2D eigenvalue weighted by Crippen LogP contribution is -3.15. The molecule has 6 heteroatoms. The number of anilines is 1. The monoisotopic (exact) mass is 386 g/mol. The number of benzene rings is 2. The molecule has 2 aromatic carbocycles. The van der Waals surface area contributed by atoms with Crippen LogP contribution >= 0.6 is 11.6 Å². The molecule has 0 unspecified atom stereocenters. The molecule has 2 N–H and O–H groups in total. The highest BCUT2D eigenvalue weighted by molar-refractivity contribution is 6.30. The summed E-state index contributed by atoms with van der Waals surface area (Å²) in [6, 6.07) is 14.9. The van der Waals surface area contributed by atoms with Crippen molar-refractivity contribution in [1.82, 2.24) is 4.90 Å². The molecule has 0 atom stereocenters. The molecule has 2 amide bonds. The van der Waals surface area contributed by atoms with Crippen molar-refractivity contribution in [3.05, 3.63) is 64.7 Å². The SMILES string of the molecule is CCc1ccccc1NC(=O)C[NH+]1CCN(C(=O)c2ccc(Cl)cc2)CC1. The van der Waals surface area contributed by atoms with Crippen LogP contribution in [0.4, 0.5) is 5.69 Å². The molecule has 27 heavy (non-hydrogen) atoms. The van der Waals surface area contributed by atoms with Crippen molar-refractivity contribution in [2.45, 2.75) is 13.3 Å². The average molecular weight is 387 g/mol. The van der Waals surface area contributed by atoms with Crippen LogP contribution in [-0.2, 0) is 11.2 Å². The number of amides is 2. The number of rotatable bonds is 5. The van der Waals surface area contributed by atoms with Crippen LogP contribution in [-0.4, -0.2) is 49.4 Å². The van der Waals surface area contributed by atoms with Crippen LogP contribution in [0.15, 0.2) is 48.5 Å². The number of carbonyl (C=O) groups excluding carboxylic acids is 2. The molecule has 0 bridgehead atoms. The lowest BCUT2D eigenvalue weighted by atomic mass is 10.1. The summed E-state index contributed by atoms with van der Waals surface area (Å²) in [5, 5.41) is 3.64. The van der Waals surface area contributed by atoms with E-state index in [4.69, 9.17) is 11.6 Å². The highest BCUT2D eigenvalue weighted by Crippen LogP contribution is 2.15. The average Bonchev–Trinajstić information content (AvgIpc) is 2.69. The number of piperazine rings is 1. The van der Waals surface area contributed by atoms with Gasteiger partial charge in [-0.15, -0.1) is 0 Å². The van der Waals surface area contributed by atoms with Gasteiger partial charge in [-0.3, -0.25) is 9.59 Å². The second-order valence-corrected chi connectivity index (χ2v) is 7.22. The van der Waals surface area contributed by atoms with Crippen molar-refractivity contribution in [1.29, 1.82) is 0 Å². The van der Waals surface area contributed by atoms with E-state index in [9.17, 15) is 9.59 Å². The van der Waals surface area contributed by atoms with Crippen LogP contribution in [0.25, 0.3) is 0 Å². The smallest absolute Gasteiger partial charge is 0.279 e. The lowest BCUT2D eigenvalue weighted by molar-refractivity contribution is -0.895. The van der Waals surface area contributed by atoms with Crippen LogP contribution in [0.1, 0.15) is 22.8 Å². The Morgan fingerprint density at radius 2 is 1.74 bits per heavy atom. The standard InChI is InChI=1S/C21H24ClN3O2/c1-2-16-5-3-4-6-19(16)23-20(26)15-24-11-13-25(14-12-24)21(27)17-7-9-18(22)10-8-17/h3-10H,2,11-15H2,1H3,(H,23,26)/p+1. The summed E-state index contributed by atoms with van der Waals surface area (Å²) in [6.45, 7) is 5.32. The Bertz CT molecular complexity index is 799. The predicted molar refractivity (Wildman–Crippen MR) is 107 cm³/mol. The van der Waals surface area contributed by atoms with Gasteiger partial charge in [-0.1, -0.05) is 36.7 Å². The Kier molecular flexibility index (Phi) is 6.48. The molecule has 1 heterocycles. The van der Waals surface area contributed by atoms with Crippen LogP contribution in [0, 0.1) is 0 Å². The molecular formula is C21H25ClN3O2+. The van der Waals surface area contributed by atoms with E-state index in [1.54, 1.807) is 24.3 Å². The van der Waals surface area contributed by atoms with Crippen molar-refractivity contribution in [2.24, 2.45) is 0 Å². The second kappa shape index (κ2) is 9.02. The molecule has 3 rings (SSSR count). The molecule has 142 valence electrons. The van der Waals surface area contributed by atoms with Gasteiger partial charge in [-0.25, -0.2) is 0 Å². The molecule has 1 fully saturated rings. The van der Waals surface area contributed by atoms with Crippen molar-refractivity contribution in [2.75, 3.05) is 38.0 Å². The van der Waals surface area contributed by atoms with E-state index in [1.807, 2.05) is 29.2 Å². The third kappa shape index (κ3) is 5.08. The van der Waals surface area contributed by atoms with Crippen LogP contribution < -0.4 is 10.2 Å².